The van der Waals surface area contributed by atoms with Crippen molar-refractivity contribution in [2.24, 2.45) is 0 Å². The van der Waals surface area contributed by atoms with Gasteiger partial charge in [-0.1, -0.05) is 55.5 Å². The topological polar surface area (TPSA) is 73.7 Å². The molecule has 3 aromatic carbocycles. The first-order valence-electron chi connectivity index (χ1n) is 11.7. The Balaban J connectivity index is 1.51. The van der Waals surface area contributed by atoms with Crippen molar-refractivity contribution in [3.63, 3.8) is 0 Å². The third kappa shape index (κ3) is 5.87. The Morgan fingerprint density at radius 2 is 1.69 bits per heavy atom. The van der Waals surface area contributed by atoms with Crippen LogP contribution >= 0.6 is 0 Å². The van der Waals surface area contributed by atoms with Crippen LogP contribution in [0.25, 0.3) is 10.8 Å². The zero-order valence-corrected chi connectivity index (χ0v) is 20.0. The highest BCUT2D eigenvalue weighted by Gasteiger charge is 2.18. The molecule has 4 aromatic rings. The first kappa shape index (κ1) is 24.0. The average Bonchev–Trinajstić information content (AvgIpc) is 2.89. The molecule has 1 aromatic heterocycles. The summed E-state index contributed by atoms with van der Waals surface area (Å²) in [4.78, 5) is 27.1. The number of carbonyl (C=O) groups is 1. The standard InChI is InChI=1S/C28H29N3O4/c1-3-18-35-26-15-13-21-9-7-8-12-23(21)24(26)20-30(2)28(33)25-14-16-27(32)31(29-25)17-19-34-22-10-5-4-6-11-22/h4-16H,3,17-20H2,1-2H3. The predicted octanol–water partition coefficient (Wildman–Crippen LogP) is 4.54. The van der Waals surface area contributed by atoms with E-state index in [0.29, 0.717) is 18.9 Å². The smallest absolute Gasteiger partial charge is 0.274 e. The van der Waals surface area contributed by atoms with Crippen LogP contribution in [0.5, 0.6) is 11.5 Å². The van der Waals surface area contributed by atoms with Gasteiger partial charge in [0.05, 0.1) is 13.2 Å². The quantitative estimate of drug-likeness (QED) is 0.340. The molecule has 0 spiro atoms. The second-order valence-electron chi connectivity index (χ2n) is 8.21. The van der Waals surface area contributed by atoms with E-state index in [2.05, 4.69) is 12.0 Å². The summed E-state index contributed by atoms with van der Waals surface area (Å²) < 4.78 is 12.9. The summed E-state index contributed by atoms with van der Waals surface area (Å²) in [6, 6.07) is 24.2. The Morgan fingerprint density at radius 3 is 2.49 bits per heavy atom. The second-order valence-corrected chi connectivity index (χ2v) is 8.21. The number of nitrogens with zero attached hydrogens (tertiary/aromatic N) is 3. The summed E-state index contributed by atoms with van der Waals surface area (Å²) >= 11 is 0. The zero-order chi connectivity index (χ0) is 24.6. The van der Waals surface area contributed by atoms with Crippen LogP contribution in [0.15, 0.2) is 83.7 Å². The third-order valence-corrected chi connectivity index (χ3v) is 5.60. The lowest BCUT2D eigenvalue weighted by Crippen LogP contribution is -2.32. The molecule has 0 radical (unpaired) electrons. The molecule has 0 saturated carbocycles. The van der Waals surface area contributed by atoms with E-state index in [9.17, 15) is 9.59 Å². The van der Waals surface area contributed by atoms with E-state index in [0.717, 1.165) is 28.5 Å². The average molecular weight is 472 g/mol. The van der Waals surface area contributed by atoms with E-state index in [1.54, 1.807) is 11.9 Å². The summed E-state index contributed by atoms with van der Waals surface area (Å²) in [5, 5.41) is 6.42. The van der Waals surface area contributed by atoms with Crippen LogP contribution in [0.1, 0.15) is 29.4 Å². The van der Waals surface area contributed by atoms with Crippen LogP contribution < -0.4 is 15.0 Å². The van der Waals surface area contributed by atoms with Crippen molar-refractivity contribution >= 4 is 16.7 Å². The van der Waals surface area contributed by atoms with Crippen molar-refractivity contribution < 1.29 is 14.3 Å². The van der Waals surface area contributed by atoms with E-state index in [-0.39, 0.29) is 30.3 Å². The Bertz CT molecular complexity index is 1350. The van der Waals surface area contributed by atoms with Gasteiger partial charge >= 0.3 is 0 Å². The highest BCUT2D eigenvalue weighted by molar-refractivity contribution is 5.93. The van der Waals surface area contributed by atoms with Crippen LogP contribution in [0.2, 0.25) is 0 Å². The number of aromatic nitrogens is 2. The maximum absolute atomic E-state index is 13.2. The van der Waals surface area contributed by atoms with Gasteiger partial charge in [-0.25, -0.2) is 4.68 Å². The van der Waals surface area contributed by atoms with Gasteiger partial charge in [0.25, 0.3) is 11.5 Å². The highest BCUT2D eigenvalue weighted by Crippen LogP contribution is 2.29. The first-order valence-corrected chi connectivity index (χ1v) is 11.7. The molecule has 7 nitrogen and oxygen atoms in total. The van der Waals surface area contributed by atoms with Crippen LogP contribution in [0.4, 0.5) is 0 Å². The predicted molar refractivity (Wildman–Crippen MR) is 136 cm³/mol. The summed E-state index contributed by atoms with van der Waals surface area (Å²) in [5.41, 5.74) is 0.852. The van der Waals surface area contributed by atoms with E-state index in [1.165, 1.54) is 16.8 Å². The number of para-hydroxylation sites is 1. The molecule has 0 N–H and O–H groups in total. The molecule has 7 heteroatoms. The van der Waals surface area contributed by atoms with E-state index >= 15 is 0 Å². The minimum Gasteiger partial charge on any atom is -0.493 e. The molecule has 35 heavy (non-hydrogen) atoms. The van der Waals surface area contributed by atoms with Crippen LogP contribution in [-0.4, -0.2) is 40.8 Å². The normalized spacial score (nSPS) is 10.8. The van der Waals surface area contributed by atoms with Crippen molar-refractivity contribution in [2.45, 2.75) is 26.4 Å². The maximum atomic E-state index is 13.2. The van der Waals surface area contributed by atoms with E-state index < -0.39 is 0 Å². The molecule has 1 amide bonds. The number of ether oxygens (including phenoxy) is 2. The van der Waals surface area contributed by atoms with Crippen LogP contribution in [0.3, 0.4) is 0 Å². The summed E-state index contributed by atoms with van der Waals surface area (Å²) in [5.74, 6) is 1.20. The number of benzene rings is 3. The molecule has 0 atom stereocenters. The lowest BCUT2D eigenvalue weighted by molar-refractivity contribution is 0.0775. The van der Waals surface area contributed by atoms with Gasteiger partial charge in [0.2, 0.25) is 0 Å². The SMILES string of the molecule is CCCOc1ccc2ccccc2c1CN(C)C(=O)c1ccc(=O)n(CCOc2ccccc2)n1. The molecular weight excluding hydrogens is 442 g/mol. The van der Waals surface area contributed by atoms with Gasteiger partial charge in [-0.05, 0) is 41.5 Å². The zero-order valence-electron chi connectivity index (χ0n) is 20.0. The molecule has 0 unspecified atom stereocenters. The fourth-order valence-corrected chi connectivity index (χ4v) is 3.82. The van der Waals surface area contributed by atoms with Gasteiger partial charge < -0.3 is 14.4 Å². The van der Waals surface area contributed by atoms with Crippen LogP contribution in [0, 0.1) is 0 Å². The van der Waals surface area contributed by atoms with Gasteiger partial charge in [-0.2, -0.15) is 5.10 Å². The van der Waals surface area contributed by atoms with Gasteiger partial charge in [0, 0.05) is 25.2 Å². The fourth-order valence-electron chi connectivity index (χ4n) is 3.82. The molecular formula is C28H29N3O4. The number of hydrogen-bond donors (Lipinski definition) is 0. The molecule has 4 rings (SSSR count). The number of rotatable bonds is 10. The Labute approximate surface area is 204 Å². The highest BCUT2D eigenvalue weighted by atomic mass is 16.5. The summed E-state index contributed by atoms with van der Waals surface area (Å²) in [6.45, 7) is 3.50. The summed E-state index contributed by atoms with van der Waals surface area (Å²) in [6.07, 6.45) is 0.889. The van der Waals surface area contributed by atoms with E-state index in [1.807, 2.05) is 66.7 Å². The maximum Gasteiger partial charge on any atom is 0.274 e. The molecule has 0 aliphatic carbocycles. The molecule has 180 valence electrons. The lowest BCUT2D eigenvalue weighted by atomic mass is 10.0. The van der Waals surface area contributed by atoms with Crippen molar-refractivity contribution in [3.05, 3.63) is 100 Å². The van der Waals surface area contributed by atoms with Gasteiger partial charge in [-0.15, -0.1) is 0 Å². The lowest BCUT2D eigenvalue weighted by Gasteiger charge is -2.21. The number of hydrogen-bond acceptors (Lipinski definition) is 5. The molecule has 0 aliphatic heterocycles. The largest absolute Gasteiger partial charge is 0.493 e. The van der Waals surface area contributed by atoms with Crippen molar-refractivity contribution in [1.29, 1.82) is 0 Å². The summed E-state index contributed by atoms with van der Waals surface area (Å²) in [7, 11) is 1.73. The minimum atomic E-state index is -0.287. The Kier molecular flexibility index (Phi) is 7.77. The third-order valence-electron chi connectivity index (χ3n) is 5.60. The number of amides is 1. The minimum absolute atomic E-state index is 0.197. The molecule has 0 saturated heterocycles. The van der Waals surface area contributed by atoms with Crippen molar-refractivity contribution in [2.75, 3.05) is 20.3 Å². The second kappa shape index (κ2) is 11.3. The van der Waals surface area contributed by atoms with Crippen molar-refractivity contribution in [3.8, 4) is 11.5 Å². The Morgan fingerprint density at radius 1 is 0.914 bits per heavy atom. The van der Waals surface area contributed by atoms with Gasteiger partial charge in [-0.3, -0.25) is 9.59 Å². The van der Waals surface area contributed by atoms with Gasteiger partial charge in [0.1, 0.15) is 23.8 Å². The molecule has 1 heterocycles. The molecule has 0 aliphatic rings. The number of carbonyl (C=O) groups excluding carboxylic acids is 1. The number of fused-ring (bicyclic) bond motifs is 1. The van der Waals surface area contributed by atoms with Crippen molar-refractivity contribution in [1.82, 2.24) is 14.7 Å². The molecule has 0 fully saturated rings. The van der Waals surface area contributed by atoms with Gasteiger partial charge in [0.15, 0.2) is 0 Å². The van der Waals surface area contributed by atoms with Crippen LogP contribution in [-0.2, 0) is 13.1 Å². The Hall–Kier alpha value is -4.13. The first-order chi connectivity index (χ1) is 17.1. The molecule has 0 bridgehead atoms. The van der Waals surface area contributed by atoms with E-state index in [4.69, 9.17) is 9.47 Å². The monoisotopic (exact) mass is 471 g/mol. The fraction of sp³-hybridized carbons (Fsp3) is 0.250.